The predicted molar refractivity (Wildman–Crippen MR) is 96.7 cm³/mol. The maximum atomic E-state index is 11.4. The van der Waals surface area contributed by atoms with Gasteiger partial charge in [-0.05, 0) is 19.1 Å². The minimum atomic E-state index is -0.106. The Morgan fingerprint density at radius 3 is 2.75 bits per heavy atom. The van der Waals surface area contributed by atoms with Crippen LogP contribution in [0.3, 0.4) is 0 Å². The summed E-state index contributed by atoms with van der Waals surface area (Å²) in [4.78, 5) is 27.7. The molecule has 0 spiro atoms. The first-order chi connectivity index (χ1) is 11.7. The van der Waals surface area contributed by atoms with Gasteiger partial charge in [0.1, 0.15) is 10.8 Å². The van der Waals surface area contributed by atoms with E-state index in [-0.39, 0.29) is 5.56 Å². The third kappa shape index (κ3) is 2.92. The third-order valence-corrected chi connectivity index (χ3v) is 5.72. The van der Waals surface area contributed by atoms with E-state index >= 15 is 0 Å². The third-order valence-electron chi connectivity index (χ3n) is 4.52. The molecule has 0 bridgehead atoms. The van der Waals surface area contributed by atoms with Crippen molar-refractivity contribution in [1.29, 1.82) is 0 Å². The largest absolute Gasteiger partial charge is 0.354 e. The molecule has 3 heterocycles. The second-order valence-electron chi connectivity index (χ2n) is 5.99. The van der Waals surface area contributed by atoms with Gasteiger partial charge in [-0.1, -0.05) is 12.1 Å². The van der Waals surface area contributed by atoms with Crippen molar-refractivity contribution in [3.8, 4) is 0 Å². The Morgan fingerprint density at radius 1 is 1.21 bits per heavy atom. The molecule has 1 atom stereocenters. The van der Waals surface area contributed by atoms with Crippen LogP contribution in [-0.2, 0) is 0 Å². The van der Waals surface area contributed by atoms with Gasteiger partial charge in [0.15, 0.2) is 0 Å². The smallest absolute Gasteiger partial charge is 0.252 e. The van der Waals surface area contributed by atoms with Gasteiger partial charge in [-0.15, -0.1) is 11.3 Å². The number of fused-ring (bicyclic) bond motifs is 1. The molecule has 6 nitrogen and oxygen atoms in total. The molecule has 1 aliphatic rings. The highest BCUT2D eigenvalue weighted by Crippen LogP contribution is 2.30. The number of hydrogen-bond acceptors (Lipinski definition) is 6. The quantitative estimate of drug-likeness (QED) is 0.792. The number of anilines is 1. The van der Waals surface area contributed by atoms with Crippen molar-refractivity contribution in [3.63, 3.8) is 0 Å². The zero-order chi connectivity index (χ0) is 16.5. The number of H-pyrrole nitrogens is 1. The molecule has 0 aliphatic carbocycles. The summed E-state index contributed by atoms with van der Waals surface area (Å²) in [5.41, 5.74) is 0.973. The maximum Gasteiger partial charge on any atom is 0.252 e. The highest BCUT2D eigenvalue weighted by atomic mass is 32.1. The number of piperazine rings is 1. The first-order valence-electron chi connectivity index (χ1n) is 8.10. The summed E-state index contributed by atoms with van der Waals surface area (Å²) in [6.07, 6.45) is 1.47. The van der Waals surface area contributed by atoms with Crippen LogP contribution in [-0.4, -0.2) is 46.0 Å². The number of benzene rings is 1. The first-order valence-corrected chi connectivity index (χ1v) is 8.91. The molecular formula is C17H19N5OS. The number of nitrogens with zero attached hydrogens (tertiary/aromatic N) is 4. The Bertz CT molecular complexity index is 864. The molecule has 4 rings (SSSR count). The molecule has 1 aliphatic heterocycles. The van der Waals surface area contributed by atoms with Gasteiger partial charge >= 0.3 is 0 Å². The summed E-state index contributed by atoms with van der Waals surface area (Å²) in [6.45, 7) is 5.83. The van der Waals surface area contributed by atoms with Gasteiger partial charge in [0.25, 0.3) is 5.56 Å². The average molecular weight is 341 g/mol. The number of thiazole rings is 1. The molecule has 24 heavy (non-hydrogen) atoms. The SMILES string of the molecule is CC(c1nc2ccccc2s1)N1CCN(c2cc(=O)[nH]cn2)CC1. The molecule has 3 aromatic rings. The van der Waals surface area contributed by atoms with Gasteiger partial charge < -0.3 is 9.88 Å². The molecule has 1 saturated heterocycles. The lowest BCUT2D eigenvalue weighted by atomic mass is 10.2. The summed E-state index contributed by atoms with van der Waals surface area (Å²) < 4.78 is 1.24. The van der Waals surface area contributed by atoms with E-state index in [2.05, 4.69) is 44.9 Å². The molecule has 1 aromatic carbocycles. The average Bonchev–Trinajstić information content (AvgIpc) is 3.05. The topological polar surface area (TPSA) is 65.1 Å². The highest BCUT2D eigenvalue weighted by molar-refractivity contribution is 7.18. The van der Waals surface area contributed by atoms with Gasteiger partial charge in [0.2, 0.25) is 0 Å². The van der Waals surface area contributed by atoms with Crippen molar-refractivity contribution in [2.24, 2.45) is 0 Å². The lowest BCUT2D eigenvalue weighted by Crippen LogP contribution is -2.47. The lowest BCUT2D eigenvalue weighted by Gasteiger charge is -2.37. The lowest BCUT2D eigenvalue weighted by molar-refractivity contribution is 0.198. The van der Waals surface area contributed by atoms with Gasteiger partial charge in [0.05, 0.1) is 22.6 Å². The minimum absolute atomic E-state index is 0.106. The number of rotatable bonds is 3. The molecular weight excluding hydrogens is 322 g/mol. The standard InChI is InChI=1S/C17H19N5OS/c1-12(17-20-13-4-2-3-5-14(13)24-17)21-6-8-22(9-7-21)15-10-16(23)19-11-18-15/h2-5,10-12H,6-9H2,1H3,(H,18,19,23). The summed E-state index contributed by atoms with van der Waals surface area (Å²) in [5, 5.41) is 1.17. The second kappa shape index (κ2) is 6.33. The molecule has 2 aromatic heterocycles. The van der Waals surface area contributed by atoms with E-state index in [9.17, 15) is 4.79 Å². The summed E-state index contributed by atoms with van der Waals surface area (Å²) in [7, 11) is 0. The molecule has 0 radical (unpaired) electrons. The number of hydrogen-bond donors (Lipinski definition) is 1. The van der Waals surface area contributed by atoms with E-state index in [4.69, 9.17) is 4.98 Å². The summed E-state index contributed by atoms with van der Waals surface area (Å²) in [5.74, 6) is 0.756. The van der Waals surface area contributed by atoms with Gasteiger partial charge in [-0.2, -0.15) is 0 Å². The Balaban J connectivity index is 1.46. The van der Waals surface area contributed by atoms with Crippen LogP contribution >= 0.6 is 11.3 Å². The Labute approximate surface area is 143 Å². The normalized spacial score (nSPS) is 17.3. The Morgan fingerprint density at radius 2 is 2.00 bits per heavy atom. The fourth-order valence-electron chi connectivity index (χ4n) is 3.09. The van der Waals surface area contributed by atoms with Crippen molar-refractivity contribution >= 4 is 27.4 Å². The van der Waals surface area contributed by atoms with Crippen molar-refractivity contribution in [1.82, 2.24) is 19.9 Å². The van der Waals surface area contributed by atoms with Crippen LogP contribution in [0.25, 0.3) is 10.2 Å². The van der Waals surface area contributed by atoms with E-state index in [0.717, 1.165) is 37.5 Å². The Hall–Kier alpha value is -2.25. The molecule has 124 valence electrons. The van der Waals surface area contributed by atoms with Crippen LogP contribution in [0.1, 0.15) is 18.0 Å². The van der Waals surface area contributed by atoms with Crippen LogP contribution in [0.2, 0.25) is 0 Å². The van der Waals surface area contributed by atoms with E-state index < -0.39 is 0 Å². The van der Waals surface area contributed by atoms with Gasteiger partial charge in [0, 0.05) is 32.2 Å². The van der Waals surface area contributed by atoms with Crippen molar-refractivity contribution < 1.29 is 0 Å². The predicted octanol–water partition coefficient (Wildman–Crippen LogP) is 2.26. The van der Waals surface area contributed by atoms with E-state index in [0.29, 0.717) is 6.04 Å². The highest BCUT2D eigenvalue weighted by Gasteiger charge is 2.24. The molecule has 7 heteroatoms. The second-order valence-corrected chi connectivity index (χ2v) is 7.05. The molecule has 1 fully saturated rings. The summed E-state index contributed by atoms with van der Waals surface area (Å²) >= 11 is 1.77. The minimum Gasteiger partial charge on any atom is -0.354 e. The van der Waals surface area contributed by atoms with Crippen LogP contribution in [0.4, 0.5) is 5.82 Å². The van der Waals surface area contributed by atoms with Crippen LogP contribution in [0.15, 0.2) is 41.5 Å². The number of para-hydroxylation sites is 1. The molecule has 1 unspecified atom stereocenters. The maximum absolute atomic E-state index is 11.4. The fraction of sp³-hybridized carbons (Fsp3) is 0.353. The fourth-order valence-corrected chi connectivity index (χ4v) is 4.15. The first kappa shape index (κ1) is 15.3. The summed E-state index contributed by atoms with van der Waals surface area (Å²) in [6, 6.07) is 10.1. The van der Waals surface area contributed by atoms with Crippen molar-refractivity contribution in [2.75, 3.05) is 31.1 Å². The zero-order valence-corrected chi connectivity index (χ0v) is 14.3. The van der Waals surface area contributed by atoms with Crippen molar-refractivity contribution in [2.45, 2.75) is 13.0 Å². The zero-order valence-electron chi connectivity index (χ0n) is 13.5. The van der Waals surface area contributed by atoms with Crippen LogP contribution in [0.5, 0.6) is 0 Å². The Kier molecular flexibility index (Phi) is 4.03. The molecule has 0 saturated carbocycles. The molecule has 0 amide bonds. The number of nitrogens with one attached hydrogen (secondary N) is 1. The monoisotopic (exact) mass is 341 g/mol. The number of aromatic nitrogens is 3. The van der Waals surface area contributed by atoms with Crippen molar-refractivity contribution in [3.05, 3.63) is 52.0 Å². The van der Waals surface area contributed by atoms with Gasteiger partial charge in [-0.25, -0.2) is 9.97 Å². The van der Waals surface area contributed by atoms with Crippen LogP contribution < -0.4 is 10.5 Å². The van der Waals surface area contributed by atoms with Gasteiger partial charge in [-0.3, -0.25) is 9.69 Å². The van der Waals surface area contributed by atoms with E-state index in [1.165, 1.54) is 16.0 Å². The number of aromatic amines is 1. The molecule has 1 N–H and O–H groups in total. The van der Waals surface area contributed by atoms with E-state index in [1.807, 2.05) is 6.07 Å². The van der Waals surface area contributed by atoms with E-state index in [1.54, 1.807) is 17.4 Å². The van der Waals surface area contributed by atoms with Crippen LogP contribution in [0, 0.1) is 0 Å².